The number of aliphatic hydroxyl groups excluding tert-OH is 3. The van der Waals surface area contributed by atoms with Crippen LogP contribution in [0.15, 0.2) is 0 Å². The van der Waals surface area contributed by atoms with Crippen LogP contribution in [0.3, 0.4) is 0 Å². The molecule has 5 N–H and O–H groups in total. The molecule has 0 aromatic rings. The fourth-order valence-electron chi connectivity index (χ4n) is 8.85. The van der Waals surface area contributed by atoms with Gasteiger partial charge in [-0.15, -0.1) is 0 Å². The number of carbonyl (C=O) groups is 2. The van der Waals surface area contributed by atoms with Crippen LogP contribution in [-0.4, -0.2) is 148 Å². The van der Waals surface area contributed by atoms with E-state index in [1.165, 1.54) is 27.9 Å². The van der Waals surface area contributed by atoms with Gasteiger partial charge in [0.1, 0.15) is 29.7 Å². The van der Waals surface area contributed by atoms with Gasteiger partial charge in [0.15, 0.2) is 12.6 Å². The van der Waals surface area contributed by atoms with Gasteiger partial charge in [0.05, 0.1) is 47.6 Å². The van der Waals surface area contributed by atoms with Crippen LogP contribution in [0.5, 0.6) is 0 Å². The van der Waals surface area contributed by atoms with E-state index in [0.29, 0.717) is 19.3 Å². The molecule has 4 aliphatic rings. The number of hydrogen-bond acceptors (Lipinski definition) is 14. The van der Waals surface area contributed by atoms with E-state index < -0.39 is 108 Å². The van der Waals surface area contributed by atoms with E-state index in [1.807, 2.05) is 25.9 Å². The van der Waals surface area contributed by atoms with Gasteiger partial charge in [-0.1, -0.05) is 20.8 Å². The zero-order chi connectivity index (χ0) is 39.2. The summed E-state index contributed by atoms with van der Waals surface area (Å²) in [6.45, 7) is 14.8. The van der Waals surface area contributed by atoms with Crippen molar-refractivity contribution in [2.24, 2.45) is 29.6 Å². The zero-order valence-corrected chi connectivity index (χ0v) is 33.2. The molecule has 3 aliphatic heterocycles. The second kappa shape index (κ2) is 16.4. The summed E-state index contributed by atoms with van der Waals surface area (Å²) >= 11 is 0. The van der Waals surface area contributed by atoms with E-state index in [-0.39, 0.29) is 30.9 Å². The van der Waals surface area contributed by atoms with Crippen LogP contribution in [0.1, 0.15) is 94.4 Å². The fourth-order valence-corrected chi connectivity index (χ4v) is 8.85. The molecule has 0 radical (unpaired) electrons. The Hall–Kier alpha value is -1.30. The highest BCUT2D eigenvalue weighted by atomic mass is 16.7. The molecular weight excluding hydrogens is 678 g/mol. The Morgan fingerprint density at radius 1 is 0.846 bits per heavy atom. The number of aliphatic hydroxyl groups is 5. The Morgan fingerprint density at radius 2 is 1.46 bits per heavy atom. The maximum Gasteiger partial charge on any atom is 0.311 e. The Bertz CT molecular complexity index is 1230. The minimum Gasteiger partial charge on any atom is -0.459 e. The van der Waals surface area contributed by atoms with Crippen molar-refractivity contribution in [2.75, 3.05) is 21.2 Å². The second-order valence-electron chi connectivity index (χ2n) is 17.3. The molecule has 14 nitrogen and oxygen atoms in total. The SMILES string of the molecule is CO[C@]1(C)C[C@H](O[C@@H]2[C@H](C)[C@@H](O[C@@H]3O[C@H](C)C[C@H](N(C)C)[C@H]3O)[C@@](C)(O)C[C@@H](C)C(=O)[C@H](C)[C@@H](O)[C@](C)(O)[C@@H](C3CC3)OC(=O)[C@@H]2C)O[C@@H](C)[C@@H]1O. The summed E-state index contributed by atoms with van der Waals surface area (Å²) in [5, 5.41) is 58.1. The van der Waals surface area contributed by atoms with Crippen molar-refractivity contribution in [2.45, 2.75) is 179 Å². The van der Waals surface area contributed by atoms with E-state index in [4.69, 9.17) is 28.4 Å². The summed E-state index contributed by atoms with van der Waals surface area (Å²) in [7, 11) is 5.19. The summed E-state index contributed by atoms with van der Waals surface area (Å²) in [5.41, 5.74) is -4.80. The van der Waals surface area contributed by atoms with Crippen LogP contribution in [0, 0.1) is 29.6 Å². The van der Waals surface area contributed by atoms with E-state index in [2.05, 4.69) is 0 Å². The van der Waals surface area contributed by atoms with Gasteiger partial charge in [0.25, 0.3) is 0 Å². The number of methoxy groups -OCH3 is 1. The molecule has 18 atom stereocenters. The lowest BCUT2D eigenvalue weighted by atomic mass is 9.73. The lowest BCUT2D eigenvalue weighted by molar-refractivity contribution is -0.318. The maximum atomic E-state index is 14.2. The number of esters is 1. The highest BCUT2D eigenvalue weighted by Gasteiger charge is 2.55. The Balaban J connectivity index is 1.82. The molecule has 52 heavy (non-hydrogen) atoms. The third kappa shape index (κ3) is 9.04. The first-order valence-corrected chi connectivity index (χ1v) is 19.0. The monoisotopic (exact) mass is 745 g/mol. The predicted octanol–water partition coefficient (Wildman–Crippen LogP) is 1.79. The van der Waals surface area contributed by atoms with Crippen molar-refractivity contribution in [3.05, 3.63) is 0 Å². The number of cyclic esters (lactones) is 1. The van der Waals surface area contributed by atoms with Crippen LogP contribution < -0.4 is 0 Å². The molecule has 0 amide bonds. The Morgan fingerprint density at radius 3 is 2.02 bits per heavy atom. The van der Waals surface area contributed by atoms with Gasteiger partial charge in [-0.05, 0) is 87.2 Å². The van der Waals surface area contributed by atoms with Crippen molar-refractivity contribution < 1.29 is 63.5 Å². The molecule has 3 heterocycles. The summed E-state index contributed by atoms with van der Waals surface area (Å²) in [6.07, 6.45) is -8.33. The summed E-state index contributed by atoms with van der Waals surface area (Å²) in [5.74, 6) is -5.09. The molecule has 3 saturated heterocycles. The maximum absolute atomic E-state index is 14.2. The number of ether oxygens (including phenoxy) is 6. The number of ketones is 1. The Labute approximate surface area is 309 Å². The second-order valence-corrected chi connectivity index (χ2v) is 17.3. The summed E-state index contributed by atoms with van der Waals surface area (Å²) in [6, 6.07) is -0.321. The molecule has 1 saturated carbocycles. The molecular formula is C38H67NO13. The molecule has 0 unspecified atom stereocenters. The van der Waals surface area contributed by atoms with E-state index in [0.717, 1.165) is 0 Å². The normalized spacial score (nSPS) is 50.5. The van der Waals surface area contributed by atoms with Crippen LogP contribution >= 0.6 is 0 Å². The van der Waals surface area contributed by atoms with Crippen molar-refractivity contribution in [3.63, 3.8) is 0 Å². The van der Waals surface area contributed by atoms with Crippen LogP contribution in [0.4, 0.5) is 0 Å². The van der Waals surface area contributed by atoms with Crippen molar-refractivity contribution in [3.8, 4) is 0 Å². The third-order valence-electron chi connectivity index (χ3n) is 12.4. The average molecular weight is 746 g/mol. The molecule has 4 fully saturated rings. The molecule has 0 aromatic heterocycles. The van der Waals surface area contributed by atoms with Crippen LogP contribution in [0.25, 0.3) is 0 Å². The number of rotatable bonds is 7. The first-order chi connectivity index (χ1) is 24.0. The Kier molecular flexibility index (Phi) is 13.7. The fraction of sp³-hybridized carbons (Fsp3) is 0.947. The quantitative estimate of drug-likeness (QED) is 0.237. The lowest BCUT2D eigenvalue weighted by Gasteiger charge is -2.49. The first-order valence-electron chi connectivity index (χ1n) is 19.0. The largest absolute Gasteiger partial charge is 0.459 e. The number of likely N-dealkylation sites (N-methyl/N-ethyl adjacent to an activating group) is 1. The topological polar surface area (TPSA) is 194 Å². The molecule has 4 rings (SSSR count). The van der Waals surface area contributed by atoms with E-state index >= 15 is 0 Å². The van der Waals surface area contributed by atoms with E-state index in [1.54, 1.807) is 34.6 Å². The van der Waals surface area contributed by atoms with Crippen LogP contribution in [0.2, 0.25) is 0 Å². The molecule has 0 aromatic carbocycles. The average Bonchev–Trinajstić information content (AvgIpc) is 3.91. The standard InChI is InChI=1S/C38H67NO13/c1-18-16-36(7,45)32(52-35-28(41)25(39(10)11)15-19(2)48-35)21(4)29(50-26-17-37(8,47-12)31(43)23(6)49-26)22(5)34(44)51-33(24-13-14-24)38(9,46)30(42)20(3)27(18)40/h18-26,28-33,35,41-43,45-46H,13-17H2,1-12H3/t18-,19-,20+,21+,22-,23+,25+,26+,28-,29-,30-,31+,32-,33-,35+,36+,37-,38+/m1/s1. The van der Waals surface area contributed by atoms with Crippen LogP contribution in [-0.2, 0) is 38.0 Å². The number of hydrogen-bond donors (Lipinski definition) is 5. The lowest BCUT2D eigenvalue weighted by Crippen LogP contribution is -2.61. The highest BCUT2D eigenvalue weighted by molar-refractivity contribution is 5.83. The third-order valence-corrected chi connectivity index (χ3v) is 12.4. The molecule has 0 bridgehead atoms. The smallest absolute Gasteiger partial charge is 0.311 e. The van der Waals surface area contributed by atoms with Gasteiger partial charge in [0, 0.05) is 37.3 Å². The van der Waals surface area contributed by atoms with E-state index in [9.17, 15) is 35.1 Å². The van der Waals surface area contributed by atoms with Gasteiger partial charge < -0.3 is 58.9 Å². The summed E-state index contributed by atoms with van der Waals surface area (Å²) < 4.78 is 37.4. The summed E-state index contributed by atoms with van der Waals surface area (Å²) in [4.78, 5) is 30.0. The van der Waals surface area contributed by atoms with Gasteiger partial charge >= 0.3 is 5.97 Å². The van der Waals surface area contributed by atoms with Gasteiger partial charge in [-0.3, -0.25) is 9.59 Å². The number of Topliss-reactive ketones (excluding diaryl/α,β-unsaturated/α-hetero) is 1. The molecule has 14 heteroatoms. The van der Waals surface area contributed by atoms with Gasteiger partial charge in [-0.2, -0.15) is 0 Å². The van der Waals surface area contributed by atoms with Gasteiger partial charge in [-0.25, -0.2) is 0 Å². The molecule has 0 spiro atoms. The first kappa shape index (κ1) is 43.4. The predicted molar refractivity (Wildman–Crippen MR) is 189 cm³/mol. The minimum atomic E-state index is -1.96. The van der Waals surface area contributed by atoms with Gasteiger partial charge in [0.2, 0.25) is 0 Å². The minimum absolute atomic E-state index is 0.101. The number of nitrogens with zero attached hydrogens (tertiary/aromatic N) is 1. The number of carbonyl (C=O) groups excluding carboxylic acids is 2. The van der Waals surface area contributed by atoms with Crippen molar-refractivity contribution in [1.29, 1.82) is 0 Å². The van der Waals surface area contributed by atoms with Crippen molar-refractivity contribution in [1.82, 2.24) is 4.90 Å². The zero-order valence-electron chi connectivity index (χ0n) is 33.2. The van der Waals surface area contributed by atoms with Crippen molar-refractivity contribution >= 4 is 11.8 Å². The molecule has 1 aliphatic carbocycles. The molecule has 302 valence electrons. The highest BCUT2D eigenvalue weighted by Crippen LogP contribution is 2.44.